The largest absolute Gasteiger partial charge is 0.476 e. The van der Waals surface area contributed by atoms with Gasteiger partial charge in [0.15, 0.2) is 10.8 Å². The van der Waals surface area contributed by atoms with Gasteiger partial charge in [0.1, 0.15) is 0 Å². The van der Waals surface area contributed by atoms with E-state index in [1.807, 2.05) is 11.8 Å². The van der Waals surface area contributed by atoms with Crippen molar-refractivity contribution in [2.75, 3.05) is 11.1 Å². The summed E-state index contributed by atoms with van der Waals surface area (Å²) in [5.41, 5.74) is 0.118. The van der Waals surface area contributed by atoms with Gasteiger partial charge < -0.3 is 10.4 Å². The van der Waals surface area contributed by atoms with E-state index in [0.717, 1.165) is 5.75 Å². The number of rotatable bonds is 3. The summed E-state index contributed by atoms with van der Waals surface area (Å²) in [6.45, 7) is 4.34. The highest BCUT2D eigenvalue weighted by atomic mass is 32.2. The molecule has 1 unspecified atom stereocenters. The lowest BCUT2D eigenvalue weighted by Gasteiger charge is -2.43. The number of thioether (sulfide) groups is 1. The molecule has 4 nitrogen and oxygen atoms in total. The van der Waals surface area contributed by atoms with Gasteiger partial charge in [-0.05, 0) is 13.8 Å². The predicted molar refractivity (Wildman–Crippen MR) is 63.0 cm³/mol. The van der Waals surface area contributed by atoms with Crippen molar-refractivity contribution in [1.29, 1.82) is 0 Å². The number of nitrogens with zero attached hydrogens (tertiary/aromatic N) is 1. The first kappa shape index (κ1) is 10.8. The summed E-state index contributed by atoms with van der Waals surface area (Å²) in [6.07, 6.45) is 0. The number of anilines is 1. The van der Waals surface area contributed by atoms with Crippen LogP contribution in [0.1, 0.15) is 24.3 Å². The fourth-order valence-electron chi connectivity index (χ4n) is 1.30. The van der Waals surface area contributed by atoms with Gasteiger partial charge in [-0.3, -0.25) is 0 Å². The minimum absolute atomic E-state index is 0.118. The van der Waals surface area contributed by atoms with Gasteiger partial charge in [-0.2, -0.15) is 11.8 Å². The number of hydrogen-bond donors (Lipinski definition) is 2. The SMILES string of the molecule is CC1(C)SCC1Nc1nc(C(=O)O)cs1. The fourth-order valence-corrected chi connectivity index (χ4v) is 3.18. The smallest absolute Gasteiger partial charge is 0.355 e. The Morgan fingerprint density at radius 2 is 2.47 bits per heavy atom. The van der Waals surface area contributed by atoms with Gasteiger partial charge in [0, 0.05) is 15.9 Å². The molecule has 2 rings (SSSR count). The summed E-state index contributed by atoms with van der Waals surface area (Å²) < 4.78 is 0.217. The van der Waals surface area contributed by atoms with Crippen LogP contribution in [0.3, 0.4) is 0 Å². The lowest BCUT2D eigenvalue weighted by molar-refractivity contribution is 0.0691. The van der Waals surface area contributed by atoms with Crippen molar-refractivity contribution >= 4 is 34.2 Å². The van der Waals surface area contributed by atoms with Crippen molar-refractivity contribution in [3.63, 3.8) is 0 Å². The highest BCUT2D eigenvalue weighted by Crippen LogP contribution is 2.41. The molecule has 2 heterocycles. The molecule has 0 aliphatic carbocycles. The lowest BCUT2D eigenvalue weighted by atomic mass is 10.0. The van der Waals surface area contributed by atoms with Crippen LogP contribution in [0.5, 0.6) is 0 Å². The molecule has 0 aromatic carbocycles. The summed E-state index contributed by atoms with van der Waals surface area (Å²) in [4.78, 5) is 14.6. The Kier molecular flexibility index (Phi) is 2.64. The van der Waals surface area contributed by atoms with Gasteiger partial charge in [-0.15, -0.1) is 11.3 Å². The number of nitrogens with one attached hydrogen (secondary N) is 1. The molecule has 1 aromatic heterocycles. The molecular formula is C9H12N2O2S2. The van der Waals surface area contributed by atoms with Crippen molar-refractivity contribution in [2.45, 2.75) is 24.6 Å². The summed E-state index contributed by atoms with van der Waals surface area (Å²) in [6, 6.07) is 0.385. The van der Waals surface area contributed by atoms with E-state index in [4.69, 9.17) is 5.11 Å². The molecule has 1 aromatic rings. The van der Waals surface area contributed by atoms with E-state index in [1.165, 1.54) is 11.3 Å². The summed E-state index contributed by atoms with van der Waals surface area (Å²) >= 11 is 3.24. The van der Waals surface area contributed by atoms with Crippen LogP contribution in [0, 0.1) is 0 Å². The van der Waals surface area contributed by atoms with Crippen LogP contribution in [0.15, 0.2) is 5.38 Å². The first-order valence-electron chi connectivity index (χ1n) is 4.58. The summed E-state index contributed by atoms with van der Waals surface area (Å²) in [5.74, 6) is 0.0798. The van der Waals surface area contributed by atoms with Crippen LogP contribution < -0.4 is 5.32 Å². The predicted octanol–water partition coefficient (Wildman–Crippen LogP) is 2.15. The number of carboxylic acid groups (broad SMARTS) is 1. The minimum Gasteiger partial charge on any atom is -0.476 e. The van der Waals surface area contributed by atoms with Crippen molar-refractivity contribution in [3.8, 4) is 0 Å². The van der Waals surface area contributed by atoms with Crippen LogP contribution in [0.25, 0.3) is 0 Å². The third-order valence-corrected chi connectivity index (χ3v) is 4.78. The van der Waals surface area contributed by atoms with Crippen molar-refractivity contribution < 1.29 is 9.90 Å². The van der Waals surface area contributed by atoms with Gasteiger partial charge in [-0.1, -0.05) is 0 Å². The molecule has 1 saturated heterocycles. The zero-order valence-corrected chi connectivity index (χ0v) is 10.1. The summed E-state index contributed by atoms with van der Waals surface area (Å²) in [5, 5.41) is 14.2. The van der Waals surface area contributed by atoms with Gasteiger partial charge in [-0.25, -0.2) is 9.78 Å². The number of hydrogen-bond acceptors (Lipinski definition) is 5. The first-order chi connectivity index (χ1) is 6.99. The monoisotopic (exact) mass is 244 g/mol. The van der Waals surface area contributed by atoms with Crippen LogP contribution in [-0.2, 0) is 0 Å². The topological polar surface area (TPSA) is 62.2 Å². The molecule has 1 aliphatic rings. The minimum atomic E-state index is -0.971. The van der Waals surface area contributed by atoms with Gasteiger partial charge in [0.25, 0.3) is 0 Å². The third-order valence-electron chi connectivity index (χ3n) is 2.48. The zero-order valence-electron chi connectivity index (χ0n) is 8.48. The molecule has 2 N–H and O–H groups in total. The maximum absolute atomic E-state index is 10.6. The number of carbonyl (C=O) groups is 1. The van der Waals surface area contributed by atoms with E-state index in [9.17, 15) is 4.79 Å². The molecule has 0 bridgehead atoms. The second kappa shape index (κ2) is 3.68. The highest BCUT2D eigenvalue weighted by molar-refractivity contribution is 8.02. The Morgan fingerprint density at radius 1 is 1.73 bits per heavy atom. The molecule has 0 amide bonds. The van der Waals surface area contributed by atoms with Crippen LogP contribution >= 0.6 is 23.1 Å². The Labute approximate surface area is 96.1 Å². The molecule has 1 fully saturated rings. The quantitative estimate of drug-likeness (QED) is 0.853. The fraction of sp³-hybridized carbons (Fsp3) is 0.556. The van der Waals surface area contributed by atoms with Crippen molar-refractivity contribution in [3.05, 3.63) is 11.1 Å². The third kappa shape index (κ3) is 2.10. The Hall–Kier alpha value is -0.750. The van der Waals surface area contributed by atoms with Crippen molar-refractivity contribution in [1.82, 2.24) is 4.98 Å². The zero-order chi connectivity index (χ0) is 11.1. The average Bonchev–Trinajstić information content (AvgIpc) is 2.61. The molecule has 1 aliphatic heterocycles. The molecule has 15 heavy (non-hydrogen) atoms. The number of thiazole rings is 1. The molecule has 6 heteroatoms. The lowest BCUT2D eigenvalue weighted by Crippen LogP contribution is -2.50. The Morgan fingerprint density at radius 3 is 2.87 bits per heavy atom. The van der Waals surface area contributed by atoms with Gasteiger partial charge in [0.2, 0.25) is 0 Å². The van der Waals surface area contributed by atoms with E-state index >= 15 is 0 Å². The van der Waals surface area contributed by atoms with E-state index in [2.05, 4.69) is 24.1 Å². The van der Waals surface area contributed by atoms with Gasteiger partial charge >= 0.3 is 5.97 Å². The Bertz CT molecular complexity index is 389. The van der Waals surface area contributed by atoms with Crippen LogP contribution in [0.4, 0.5) is 5.13 Å². The van der Waals surface area contributed by atoms with Crippen LogP contribution in [0.2, 0.25) is 0 Å². The van der Waals surface area contributed by atoms with Gasteiger partial charge in [0.05, 0.1) is 6.04 Å². The average molecular weight is 244 g/mol. The standard InChI is InChI=1S/C9H12N2O2S2/c1-9(2)6(4-15-9)11-8-10-5(3-14-8)7(12)13/h3,6H,4H2,1-2H3,(H,10,11)(H,12,13). The number of aromatic carboxylic acids is 1. The van der Waals surface area contributed by atoms with E-state index in [0.29, 0.717) is 11.2 Å². The van der Waals surface area contributed by atoms with E-state index < -0.39 is 5.97 Å². The van der Waals surface area contributed by atoms with Crippen LogP contribution in [-0.4, -0.2) is 32.6 Å². The first-order valence-corrected chi connectivity index (χ1v) is 6.45. The molecule has 1 atom stereocenters. The summed E-state index contributed by atoms with van der Waals surface area (Å²) in [7, 11) is 0. The Balaban J connectivity index is 2.02. The normalized spacial score (nSPS) is 23.2. The molecule has 0 spiro atoms. The van der Waals surface area contributed by atoms with E-state index in [1.54, 1.807) is 5.38 Å². The highest BCUT2D eigenvalue weighted by Gasteiger charge is 2.39. The van der Waals surface area contributed by atoms with E-state index in [-0.39, 0.29) is 10.4 Å². The second-order valence-electron chi connectivity index (χ2n) is 3.95. The molecule has 82 valence electrons. The molecular weight excluding hydrogens is 232 g/mol. The maximum atomic E-state index is 10.6. The maximum Gasteiger partial charge on any atom is 0.355 e. The van der Waals surface area contributed by atoms with Crippen molar-refractivity contribution in [2.24, 2.45) is 0 Å². The second-order valence-corrected chi connectivity index (χ2v) is 6.49. The number of carboxylic acids is 1. The number of aromatic nitrogens is 1. The molecule has 0 saturated carbocycles. The molecule has 0 radical (unpaired) electrons.